The van der Waals surface area contributed by atoms with Gasteiger partial charge in [0.15, 0.2) is 15.9 Å². The standard InChI is InChI=1S/C13H9BrCl2N4O2/c1-19-10-9(11(21)18-13(19)22)20(12(14)17-10)5-6-2-3-7(15)4-8(6)16/h2-4H,5H2,1H3,(H,18,21,22). The van der Waals surface area contributed by atoms with Gasteiger partial charge in [0, 0.05) is 17.1 Å². The van der Waals surface area contributed by atoms with E-state index in [0.29, 0.717) is 32.5 Å². The van der Waals surface area contributed by atoms with E-state index in [9.17, 15) is 9.59 Å². The highest BCUT2D eigenvalue weighted by atomic mass is 79.9. The monoisotopic (exact) mass is 402 g/mol. The molecular weight excluding hydrogens is 395 g/mol. The van der Waals surface area contributed by atoms with Crippen LogP contribution in [0, 0.1) is 0 Å². The van der Waals surface area contributed by atoms with Crippen molar-refractivity contribution < 1.29 is 0 Å². The van der Waals surface area contributed by atoms with E-state index >= 15 is 0 Å². The highest BCUT2D eigenvalue weighted by Crippen LogP contribution is 2.24. The summed E-state index contributed by atoms with van der Waals surface area (Å²) in [6.07, 6.45) is 0. The van der Waals surface area contributed by atoms with Crippen LogP contribution in [0.5, 0.6) is 0 Å². The molecule has 6 nitrogen and oxygen atoms in total. The number of fused-ring (bicyclic) bond motifs is 1. The number of hydrogen-bond acceptors (Lipinski definition) is 3. The van der Waals surface area contributed by atoms with Gasteiger partial charge in [-0.25, -0.2) is 9.78 Å². The first kappa shape index (κ1) is 15.3. The molecular formula is C13H9BrCl2N4O2. The minimum Gasteiger partial charge on any atom is -0.308 e. The lowest BCUT2D eigenvalue weighted by molar-refractivity contribution is 0.791. The maximum absolute atomic E-state index is 12.1. The first-order valence-electron chi connectivity index (χ1n) is 6.17. The number of aryl methyl sites for hydroxylation is 1. The molecule has 0 amide bonds. The summed E-state index contributed by atoms with van der Waals surface area (Å²) in [6, 6.07) is 5.13. The molecule has 9 heteroatoms. The summed E-state index contributed by atoms with van der Waals surface area (Å²) in [7, 11) is 1.54. The summed E-state index contributed by atoms with van der Waals surface area (Å²) in [5, 5.41) is 1.02. The van der Waals surface area contributed by atoms with E-state index in [-0.39, 0.29) is 0 Å². The first-order chi connectivity index (χ1) is 10.4. The summed E-state index contributed by atoms with van der Waals surface area (Å²) in [5.41, 5.74) is 0.352. The highest BCUT2D eigenvalue weighted by Gasteiger charge is 2.16. The van der Waals surface area contributed by atoms with Gasteiger partial charge in [0.25, 0.3) is 5.56 Å². The number of nitrogens with one attached hydrogen (secondary N) is 1. The first-order valence-corrected chi connectivity index (χ1v) is 7.72. The van der Waals surface area contributed by atoms with Gasteiger partial charge in [-0.2, -0.15) is 0 Å². The van der Waals surface area contributed by atoms with Crippen molar-refractivity contribution in [3.63, 3.8) is 0 Å². The number of rotatable bonds is 2. The quantitative estimate of drug-likeness (QED) is 0.668. The lowest BCUT2D eigenvalue weighted by atomic mass is 10.2. The molecule has 0 saturated heterocycles. The fraction of sp³-hybridized carbons (Fsp3) is 0.154. The van der Waals surface area contributed by atoms with Gasteiger partial charge in [0.1, 0.15) is 0 Å². The van der Waals surface area contributed by atoms with E-state index in [2.05, 4.69) is 25.9 Å². The average Bonchev–Trinajstić information content (AvgIpc) is 2.77. The second-order valence-corrected chi connectivity index (χ2v) is 6.25. The normalized spacial score (nSPS) is 11.3. The van der Waals surface area contributed by atoms with Gasteiger partial charge >= 0.3 is 5.69 Å². The van der Waals surface area contributed by atoms with Crippen LogP contribution in [0.4, 0.5) is 0 Å². The summed E-state index contributed by atoms with van der Waals surface area (Å²) in [6.45, 7) is 0.314. The maximum Gasteiger partial charge on any atom is 0.329 e. The fourth-order valence-corrected chi connectivity index (χ4v) is 3.11. The van der Waals surface area contributed by atoms with E-state index in [4.69, 9.17) is 23.2 Å². The van der Waals surface area contributed by atoms with Crippen molar-refractivity contribution in [3.8, 4) is 0 Å². The fourth-order valence-electron chi connectivity index (χ4n) is 2.17. The van der Waals surface area contributed by atoms with Gasteiger partial charge in [-0.15, -0.1) is 0 Å². The molecule has 22 heavy (non-hydrogen) atoms. The molecule has 0 atom stereocenters. The van der Waals surface area contributed by atoms with Crippen LogP contribution >= 0.6 is 39.1 Å². The number of aromatic nitrogens is 4. The van der Waals surface area contributed by atoms with Gasteiger partial charge in [0.05, 0.1) is 6.54 Å². The molecule has 3 aromatic rings. The number of benzene rings is 1. The second-order valence-electron chi connectivity index (χ2n) is 4.69. The van der Waals surface area contributed by atoms with Crippen molar-refractivity contribution in [2.45, 2.75) is 6.54 Å². The van der Waals surface area contributed by atoms with Crippen LogP contribution in [-0.2, 0) is 13.6 Å². The summed E-state index contributed by atoms with van der Waals surface area (Å²) < 4.78 is 3.35. The van der Waals surface area contributed by atoms with Crippen LogP contribution in [0.25, 0.3) is 11.2 Å². The minimum absolute atomic E-state index is 0.292. The van der Waals surface area contributed by atoms with Crippen molar-refractivity contribution in [1.82, 2.24) is 19.1 Å². The van der Waals surface area contributed by atoms with Crippen LogP contribution in [0.1, 0.15) is 5.56 Å². The van der Waals surface area contributed by atoms with Gasteiger partial charge in [-0.05, 0) is 33.6 Å². The highest BCUT2D eigenvalue weighted by molar-refractivity contribution is 9.10. The van der Waals surface area contributed by atoms with Crippen molar-refractivity contribution >= 4 is 50.3 Å². The van der Waals surface area contributed by atoms with Crippen molar-refractivity contribution in [2.24, 2.45) is 7.05 Å². The average molecular weight is 404 g/mol. The molecule has 0 spiro atoms. The van der Waals surface area contributed by atoms with E-state index in [1.165, 1.54) is 4.57 Å². The lowest BCUT2D eigenvalue weighted by Crippen LogP contribution is -2.29. The third kappa shape index (κ3) is 2.49. The molecule has 3 rings (SSSR count). The molecule has 1 aromatic carbocycles. The van der Waals surface area contributed by atoms with Crippen molar-refractivity contribution in [3.05, 3.63) is 59.4 Å². The Kier molecular flexibility index (Phi) is 3.88. The molecule has 114 valence electrons. The SMILES string of the molecule is Cn1c(=O)[nH]c(=O)c2c1nc(Br)n2Cc1ccc(Cl)cc1Cl. The lowest BCUT2D eigenvalue weighted by Gasteiger charge is -2.08. The van der Waals surface area contributed by atoms with Crippen LogP contribution in [0.15, 0.2) is 32.5 Å². The zero-order chi connectivity index (χ0) is 16.0. The Bertz CT molecular complexity index is 1010. The molecule has 0 radical (unpaired) electrons. The molecule has 0 aliphatic carbocycles. The van der Waals surface area contributed by atoms with E-state index in [1.807, 2.05) is 0 Å². The number of hydrogen-bond donors (Lipinski definition) is 1. The Morgan fingerprint density at radius 1 is 1.32 bits per heavy atom. The number of H-pyrrole nitrogens is 1. The molecule has 0 fully saturated rings. The van der Waals surface area contributed by atoms with Crippen LogP contribution in [0.3, 0.4) is 0 Å². The van der Waals surface area contributed by atoms with Gasteiger partial charge < -0.3 is 4.57 Å². The van der Waals surface area contributed by atoms with Crippen LogP contribution in [0.2, 0.25) is 10.0 Å². The Morgan fingerprint density at radius 3 is 2.73 bits per heavy atom. The Morgan fingerprint density at radius 2 is 2.05 bits per heavy atom. The molecule has 2 heterocycles. The van der Waals surface area contributed by atoms with E-state index < -0.39 is 11.2 Å². The molecule has 0 unspecified atom stereocenters. The van der Waals surface area contributed by atoms with Gasteiger partial charge in [-0.1, -0.05) is 29.3 Å². The van der Waals surface area contributed by atoms with Crippen LogP contribution < -0.4 is 11.2 Å². The second kappa shape index (κ2) is 5.57. The number of imidazole rings is 1. The molecule has 0 saturated carbocycles. The minimum atomic E-state index is -0.515. The zero-order valence-corrected chi connectivity index (χ0v) is 14.3. The summed E-state index contributed by atoms with van der Waals surface area (Å²) in [5.74, 6) is 0. The summed E-state index contributed by atoms with van der Waals surface area (Å²) in [4.78, 5) is 30.2. The molecule has 1 N–H and O–H groups in total. The summed E-state index contributed by atoms with van der Waals surface area (Å²) >= 11 is 15.4. The van der Waals surface area contributed by atoms with Crippen LogP contribution in [-0.4, -0.2) is 19.1 Å². The van der Waals surface area contributed by atoms with Gasteiger partial charge in [0.2, 0.25) is 0 Å². The third-order valence-electron chi connectivity index (χ3n) is 3.30. The van der Waals surface area contributed by atoms with E-state index in [0.717, 1.165) is 5.56 Å². The van der Waals surface area contributed by atoms with Crippen molar-refractivity contribution in [2.75, 3.05) is 0 Å². The molecule has 0 bridgehead atoms. The topological polar surface area (TPSA) is 72.7 Å². The van der Waals surface area contributed by atoms with E-state index in [1.54, 1.807) is 29.8 Å². The third-order valence-corrected chi connectivity index (χ3v) is 4.50. The maximum atomic E-state index is 12.1. The Hall–Kier alpha value is -1.57. The Balaban J connectivity index is 2.23. The van der Waals surface area contributed by atoms with Gasteiger partial charge in [-0.3, -0.25) is 14.3 Å². The number of aromatic amines is 1. The molecule has 0 aliphatic heterocycles. The predicted octanol–water partition coefficient (Wildman–Crippen LogP) is 2.54. The smallest absolute Gasteiger partial charge is 0.308 e. The Labute approximate surface area is 142 Å². The number of nitrogens with zero attached hydrogens (tertiary/aromatic N) is 3. The zero-order valence-electron chi connectivity index (χ0n) is 11.2. The molecule has 2 aromatic heterocycles. The van der Waals surface area contributed by atoms with Crippen molar-refractivity contribution in [1.29, 1.82) is 0 Å². The number of halogens is 3. The largest absolute Gasteiger partial charge is 0.329 e. The predicted molar refractivity (Wildman–Crippen MR) is 88.9 cm³/mol. The molecule has 0 aliphatic rings.